The predicted molar refractivity (Wildman–Crippen MR) is 81.8 cm³/mol. The van der Waals surface area contributed by atoms with Crippen molar-refractivity contribution in [3.63, 3.8) is 0 Å². The molecule has 2 rings (SSSR count). The summed E-state index contributed by atoms with van der Waals surface area (Å²) >= 11 is 0. The third kappa shape index (κ3) is 5.33. The molecule has 0 fully saturated rings. The quantitative estimate of drug-likeness (QED) is 0.631. The molecule has 0 spiro atoms. The standard InChI is InChI=1S/C15H22N4O3/c20-13-5-2-6-16-7-3-9-19-15(21)14-12(4-1-8-18-14)22-11-10-17-13/h1,4,8,16H,2-3,5-7,9-11H2,(H,17,20)(H,19,21). The van der Waals surface area contributed by atoms with Crippen LogP contribution in [-0.2, 0) is 4.79 Å². The van der Waals surface area contributed by atoms with Crippen molar-refractivity contribution in [2.75, 3.05) is 32.8 Å². The molecule has 7 heteroatoms. The van der Waals surface area contributed by atoms with E-state index in [-0.39, 0.29) is 17.5 Å². The summed E-state index contributed by atoms with van der Waals surface area (Å²) in [7, 11) is 0. The number of rotatable bonds is 0. The lowest BCUT2D eigenvalue weighted by molar-refractivity contribution is -0.121. The Kier molecular flexibility index (Phi) is 6.63. The summed E-state index contributed by atoms with van der Waals surface area (Å²) in [5.41, 5.74) is 0.272. The summed E-state index contributed by atoms with van der Waals surface area (Å²) in [5.74, 6) is 0.202. The molecule has 2 heterocycles. The van der Waals surface area contributed by atoms with E-state index in [2.05, 4.69) is 20.9 Å². The van der Waals surface area contributed by atoms with E-state index in [9.17, 15) is 9.59 Å². The van der Waals surface area contributed by atoms with Crippen LogP contribution in [0.25, 0.3) is 0 Å². The van der Waals surface area contributed by atoms with Gasteiger partial charge in [0.05, 0.1) is 6.54 Å². The first-order valence-corrected chi connectivity index (χ1v) is 7.61. The Morgan fingerprint density at radius 1 is 1.05 bits per heavy atom. The van der Waals surface area contributed by atoms with E-state index in [1.165, 1.54) is 0 Å². The number of amides is 2. The number of nitrogens with zero attached hydrogens (tertiary/aromatic N) is 1. The topological polar surface area (TPSA) is 92.4 Å². The van der Waals surface area contributed by atoms with Crippen LogP contribution < -0.4 is 20.7 Å². The monoisotopic (exact) mass is 306 g/mol. The van der Waals surface area contributed by atoms with Crippen LogP contribution in [0.5, 0.6) is 5.75 Å². The van der Waals surface area contributed by atoms with E-state index in [4.69, 9.17) is 4.74 Å². The minimum absolute atomic E-state index is 0.0154. The Morgan fingerprint density at radius 2 is 1.91 bits per heavy atom. The van der Waals surface area contributed by atoms with Crippen molar-refractivity contribution in [2.45, 2.75) is 19.3 Å². The number of nitrogens with one attached hydrogen (secondary N) is 3. The maximum absolute atomic E-state index is 12.1. The molecule has 0 saturated heterocycles. The minimum Gasteiger partial charge on any atom is -0.489 e. The van der Waals surface area contributed by atoms with Crippen molar-refractivity contribution in [1.29, 1.82) is 0 Å². The minimum atomic E-state index is -0.244. The number of hydrogen-bond donors (Lipinski definition) is 3. The molecule has 0 aliphatic carbocycles. The highest BCUT2D eigenvalue weighted by Crippen LogP contribution is 2.14. The normalized spacial score (nSPS) is 18.5. The second kappa shape index (κ2) is 8.99. The Labute approximate surface area is 129 Å². The molecule has 0 aromatic carbocycles. The first kappa shape index (κ1) is 16.2. The molecule has 0 bridgehead atoms. The van der Waals surface area contributed by atoms with E-state index >= 15 is 0 Å². The second-order valence-electron chi connectivity index (χ2n) is 5.01. The first-order valence-electron chi connectivity index (χ1n) is 7.61. The number of ether oxygens (including phenoxy) is 1. The summed E-state index contributed by atoms with van der Waals surface area (Å²) in [6.07, 6.45) is 3.68. The van der Waals surface area contributed by atoms with Gasteiger partial charge in [0.25, 0.3) is 5.91 Å². The van der Waals surface area contributed by atoms with Crippen LogP contribution in [0.4, 0.5) is 0 Å². The number of pyridine rings is 1. The van der Waals surface area contributed by atoms with Crippen LogP contribution in [0, 0.1) is 0 Å². The van der Waals surface area contributed by atoms with E-state index in [1.54, 1.807) is 18.3 Å². The molecule has 1 aliphatic rings. The summed E-state index contributed by atoms with van der Waals surface area (Å²) in [6, 6.07) is 3.42. The second-order valence-corrected chi connectivity index (χ2v) is 5.01. The van der Waals surface area contributed by atoms with Crippen LogP contribution in [0.2, 0.25) is 0 Å². The molecule has 3 N–H and O–H groups in total. The Balaban J connectivity index is 1.98. The van der Waals surface area contributed by atoms with Crippen molar-refractivity contribution < 1.29 is 14.3 Å². The van der Waals surface area contributed by atoms with E-state index in [1.807, 2.05) is 0 Å². The number of carbonyl (C=O) groups excluding carboxylic acids is 2. The van der Waals surface area contributed by atoms with Gasteiger partial charge in [0.1, 0.15) is 6.61 Å². The van der Waals surface area contributed by atoms with Gasteiger partial charge in [-0.3, -0.25) is 9.59 Å². The summed E-state index contributed by atoms with van der Waals surface area (Å²) in [6.45, 7) is 2.87. The zero-order valence-electron chi connectivity index (χ0n) is 12.6. The van der Waals surface area contributed by atoms with Crippen molar-refractivity contribution in [3.8, 4) is 5.75 Å². The molecule has 0 saturated carbocycles. The smallest absolute Gasteiger partial charge is 0.273 e. The van der Waals surface area contributed by atoms with Gasteiger partial charge in [-0.25, -0.2) is 4.98 Å². The van der Waals surface area contributed by atoms with Gasteiger partial charge < -0.3 is 20.7 Å². The number of hydrogen-bond acceptors (Lipinski definition) is 5. The fourth-order valence-corrected chi connectivity index (χ4v) is 2.12. The van der Waals surface area contributed by atoms with E-state index in [0.717, 1.165) is 25.9 Å². The van der Waals surface area contributed by atoms with E-state index < -0.39 is 0 Å². The molecule has 22 heavy (non-hydrogen) atoms. The highest BCUT2D eigenvalue weighted by atomic mass is 16.5. The zero-order chi connectivity index (χ0) is 15.6. The largest absolute Gasteiger partial charge is 0.489 e. The van der Waals surface area contributed by atoms with Crippen molar-refractivity contribution in [2.24, 2.45) is 0 Å². The maximum Gasteiger partial charge on any atom is 0.273 e. The molecule has 2 amide bonds. The van der Waals surface area contributed by atoms with Crippen LogP contribution in [0.1, 0.15) is 29.8 Å². The molecule has 120 valence electrons. The van der Waals surface area contributed by atoms with Gasteiger partial charge in [-0.15, -0.1) is 0 Å². The summed E-state index contributed by atoms with van der Waals surface area (Å²) in [5, 5.41) is 8.88. The lowest BCUT2D eigenvalue weighted by Gasteiger charge is -2.12. The van der Waals surface area contributed by atoms with E-state index in [0.29, 0.717) is 31.9 Å². The van der Waals surface area contributed by atoms with Gasteiger partial charge >= 0.3 is 0 Å². The highest BCUT2D eigenvalue weighted by Gasteiger charge is 2.13. The molecule has 0 atom stereocenters. The fraction of sp³-hybridized carbons (Fsp3) is 0.533. The van der Waals surface area contributed by atoms with Crippen molar-refractivity contribution >= 4 is 11.8 Å². The average molecular weight is 306 g/mol. The van der Waals surface area contributed by atoms with Gasteiger partial charge in [-0.2, -0.15) is 0 Å². The molecular weight excluding hydrogens is 284 g/mol. The average Bonchev–Trinajstić information content (AvgIpc) is 2.53. The molecule has 0 radical (unpaired) electrons. The van der Waals surface area contributed by atoms with Crippen LogP contribution in [0.15, 0.2) is 18.3 Å². The Hall–Kier alpha value is -2.15. The van der Waals surface area contributed by atoms with Crippen LogP contribution in [-0.4, -0.2) is 49.6 Å². The Bertz CT molecular complexity index is 507. The fourth-order valence-electron chi connectivity index (χ4n) is 2.12. The van der Waals surface area contributed by atoms with Gasteiger partial charge in [0.15, 0.2) is 11.4 Å². The number of carbonyl (C=O) groups is 2. The third-order valence-corrected chi connectivity index (χ3v) is 3.24. The molecule has 1 aromatic heterocycles. The molecule has 1 aliphatic heterocycles. The maximum atomic E-state index is 12.1. The van der Waals surface area contributed by atoms with Gasteiger partial charge in [-0.05, 0) is 38.1 Å². The lowest BCUT2D eigenvalue weighted by Crippen LogP contribution is -2.31. The number of fused-ring (bicyclic) bond motifs is 1. The lowest BCUT2D eigenvalue weighted by atomic mass is 10.2. The predicted octanol–water partition coefficient (Wildman–Crippen LogP) is 0.0799. The highest BCUT2D eigenvalue weighted by molar-refractivity contribution is 5.94. The van der Waals surface area contributed by atoms with Crippen molar-refractivity contribution in [1.82, 2.24) is 20.9 Å². The summed E-state index contributed by atoms with van der Waals surface area (Å²) < 4.78 is 5.56. The van der Waals surface area contributed by atoms with Crippen LogP contribution in [0.3, 0.4) is 0 Å². The molecular formula is C15H22N4O3. The summed E-state index contributed by atoms with van der Waals surface area (Å²) in [4.78, 5) is 27.8. The number of aromatic nitrogens is 1. The molecule has 1 aromatic rings. The SMILES string of the molecule is O=C1CCCNCCCNC(=O)c2ncccc2OCCN1. The van der Waals surface area contributed by atoms with Crippen molar-refractivity contribution in [3.05, 3.63) is 24.0 Å². The van der Waals surface area contributed by atoms with Gasteiger partial charge in [0.2, 0.25) is 5.91 Å². The van der Waals surface area contributed by atoms with Crippen LogP contribution >= 0.6 is 0 Å². The third-order valence-electron chi connectivity index (χ3n) is 3.24. The van der Waals surface area contributed by atoms with Gasteiger partial charge in [-0.1, -0.05) is 0 Å². The Morgan fingerprint density at radius 3 is 2.82 bits per heavy atom. The molecule has 7 nitrogen and oxygen atoms in total. The first-order chi connectivity index (χ1) is 10.8. The zero-order valence-corrected chi connectivity index (χ0v) is 12.6. The molecule has 0 unspecified atom stereocenters. The van der Waals surface area contributed by atoms with Gasteiger partial charge in [0, 0.05) is 19.2 Å².